The van der Waals surface area contributed by atoms with Crippen molar-refractivity contribution >= 4 is 38.2 Å². The molecule has 0 saturated carbocycles. The van der Waals surface area contributed by atoms with Crippen molar-refractivity contribution in [1.82, 2.24) is 14.9 Å². The molecule has 0 aliphatic carbocycles. The highest BCUT2D eigenvalue weighted by Gasteiger charge is 2.18. The van der Waals surface area contributed by atoms with E-state index in [0.29, 0.717) is 39.4 Å². The molecule has 158 valence electrons. The van der Waals surface area contributed by atoms with Gasteiger partial charge in [0.1, 0.15) is 5.82 Å². The molecule has 7 nitrogen and oxygen atoms in total. The predicted molar refractivity (Wildman–Crippen MR) is 117 cm³/mol. The summed E-state index contributed by atoms with van der Waals surface area (Å²) in [5, 5.41) is 0.903. The summed E-state index contributed by atoms with van der Waals surface area (Å²) < 4.78 is 22.9. The van der Waals surface area contributed by atoms with Crippen LogP contribution in [0.2, 0.25) is 5.02 Å². The lowest BCUT2D eigenvalue weighted by molar-refractivity contribution is 0.0739. The minimum absolute atomic E-state index is 0.0784. The van der Waals surface area contributed by atoms with E-state index in [-0.39, 0.29) is 23.8 Å². The van der Waals surface area contributed by atoms with Crippen LogP contribution in [0, 0.1) is 0 Å². The summed E-state index contributed by atoms with van der Waals surface area (Å²) in [4.78, 5) is 34.1. The number of hydrogen-bond donors (Lipinski definition) is 1. The van der Waals surface area contributed by atoms with Gasteiger partial charge in [0.2, 0.25) is 0 Å². The molecule has 0 atom stereocenters. The molecule has 0 radical (unpaired) electrons. The molecule has 0 fully saturated rings. The Morgan fingerprint density at radius 2 is 1.87 bits per heavy atom. The van der Waals surface area contributed by atoms with Crippen molar-refractivity contribution in [3.05, 3.63) is 74.8 Å². The number of benzene rings is 2. The van der Waals surface area contributed by atoms with E-state index in [9.17, 15) is 18.0 Å². The number of halogens is 1. The quantitative estimate of drug-likeness (QED) is 0.599. The Morgan fingerprint density at radius 1 is 1.17 bits per heavy atom. The third kappa shape index (κ3) is 5.46. The third-order valence-corrected chi connectivity index (χ3v) is 5.56. The van der Waals surface area contributed by atoms with Gasteiger partial charge in [-0.15, -0.1) is 0 Å². The maximum Gasteiger partial charge on any atom is 0.258 e. The van der Waals surface area contributed by atoms with Gasteiger partial charge in [-0.3, -0.25) is 9.59 Å². The van der Waals surface area contributed by atoms with Crippen molar-refractivity contribution in [2.45, 2.75) is 25.6 Å². The molecule has 30 heavy (non-hydrogen) atoms. The van der Waals surface area contributed by atoms with Crippen LogP contribution in [-0.2, 0) is 22.1 Å². The molecular weight excluding hydrogens is 426 g/mol. The average Bonchev–Trinajstić information content (AvgIpc) is 2.66. The molecule has 1 N–H and O–H groups in total. The number of nitrogens with one attached hydrogen (secondary N) is 1. The van der Waals surface area contributed by atoms with E-state index in [2.05, 4.69) is 9.97 Å². The molecule has 0 aliphatic rings. The second-order valence-corrected chi connectivity index (χ2v) is 9.74. The number of hydrogen-bond acceptors (Lipinski definition) is 5. The first kappa shape index (κ1) is 22.0. The van der Waals surface area contributed by atoms with E-state index in [4.69, 9.17) is 11.6 Å². The fraction of sp³-hybridized carbons (Fsp3) is 0.286. The molecule has 0 bridgehead atoms. The van der Waals surface area contributed by atoms with Crippen molar-refractivity contribution in [1.29, 1.82) is 0 Å². The van der Waals surface area contributed by atoms with Crippen LogP contribution in [0.15, 0.2) is 47.3 Å². The maximum atomic E-state index is 13.0. The highest BCUT2D eigenvalue weighted by atomic mass is 35.5. The largest absolute Gasteiger partial charge is 0.331 e. The predicted octanol–water partition coefficient (Wildman–Crippen LogP) is 3.17. The molecule has 0 aliphatic heterocycles. The lowest BCUT2D eigenvalue weighted by Gasteiger charge is -2.22. The number of H-pyrrole nitrogens is 1. The van der Waals surface area contributed by atoms with Crippen molar-refractivity contribution in [3.8, 4) is 0 Å². The van der Waals surface area contributed by atoms with Gasteiger partial charge in [0.15, 0.2) is 9.84 Å². The van der Waals surface area contributed by atoms with E-state index in [1.165, 1.54) is 6.26 Å². The van der Waals surface area contributed by atoms with Gasteiger partial charge >= 0.3 is 0 Å². The van der Waals surface area contributed by atoms with Gasteiger partial charge in [0.05, 0.1) is 23.2 Å². The highest BCUT2D eigenvalue weighted by Crippen LogP contribution is 2.16. The Kier molecular flexibility index (Phi) is 6.58. The Morgan fingerprint density at radius 3 is 2.50 bits per heavy atom. The van der Waals surface area contributed by atoms with Crippen LogP contribution >= 0.6 is 11.6 Å². The Labute approximate surface area is 179 Å². The number of rotatable bonds is 7. The highest BCUT2D eigenvalue weighted by molar-refractivity contribution is 7.89. The molecular formula is C21H22ClN3O4S. The molecule has 0 spiro atoms. The third-order valence-electron chi connectivity index (χ3n) is 4.47. The average molecular weight is 448 g/mol. The van der Waals surface area contributed by atoms with Gasteiger partial charge in [0.25, 0.3) is 11.5 Å². The fourth-order valence-electron chi connectivity index (χ4n) is 3.17. The minimum atomic E-state index is -3.15. The molecule has 3 rings (SSSR count). The summed E-state index contributed by atoms with van der Waals surface area (Å²) in [5.74, 6) is 0.0622. The number of aromatic amines is 1. The number of amides is 1. The van der Waals surface area contributed by atoms with Crippen LogP contribution in [-0.4, -0.2) is 42.0 Å². The molecule has 3 aromatic rings. The number of fused-ring (bicyclic) bond motifs is 1. The first-order valence-corrected chi connectivity index (χ1v) is 11.8. The van der Waals surface area contributed by atoms with Crippen LogP contribution in [0.3, 0.4) is 0 Å². The van der Waals surface area contributed by atoms with Gasteiger partial charge in [-0.25, -0.2) is 13.4 Å². The first-order chi connectivity index (χ1) is 14.2. The molecule has 2 aromatic carbocycles. The van der Waals surface area contributed by atoms with Crippen LogP contribution in [0.4, 0.5) is 0 Å². The zero-order valence-electron chi connectivity index (χ0n) is 16.7. The number of aromatic nitrogens is 2. The monoisotopic (exact) mass is 447 g/mol. The van der Waals surface area contributed by atoms with Crippen molar-refractivity contribution < 1.29 is 13.2 Å². The maximum absolute atomic E-state index is 13.0. The number of sulfone groups is 1. The van der Waals surface area contributed by atoms with E-state index >= 15 is 0 Å². The van der Waals surface area contributed by atoms with Crippen LogP contribution < -0.4 is 5.56 Å². The summed E-state index contributed by atoms with van der Waals surface area (Å²) in [6, 6.07) is 11.3. The summed E-state index contributed by atoms with van der Waals surface area (Å²) in [7, 11) is -3.15. The fourth-order valence-corrected chi connectivity index (χ4v) is 4.13. The van der Waals surface area contributed by atoms with E-state index in [1.807, 2.05) is 6.92 Å². The lowest BCUT2D eigenvalue weighted by atomic mass is 10.1. The molecule has 1 amide bonds. The summed E-state index contributed by atoms with van der Waals surface area (Å²) in [6.45, 7) is 2.56. The van der Waals surface area contributed by atoms with Crippen LogP contribution in [0.25, 0.3) is 10.9 Å². The van der Waals surface area contributed by atoms with Crippen molar-refractivity contribution in [3.63, 3.8) is 0 Å². The van der Waals surface area contributed by atoms with Gasteiger partial charge in [-0.05, 0) is 42.3 Å². The van der Waals surface area contributed by atoms with E-state index < -0.39 is 9.84 Å². The molecule has 0 saturated heterocycles. The standard InChI is InChI=1S/C21H22ClN3O4S/c1-3-10-25(21(27)15-6-4-14(5-7-15)13-30(2,28)29)12-19-23-18-11-16(22)8-9-17(18)20(26)24-19/h4-9,11H,3,10,12-13H2,1-2H3,(H,23,24,26). The van der Waals surface area contributed by atoms with E-state index in [1.54, 1.807) is 47.4 Å². The Balaban J connectivity index is 1.86. The Hall–Kier alpha value is -2.71. The summed E-state index contributed by atoms with van der Waals surface area (Å²) >= 11 is 6.01. The molecule has 9 heteroatoms. The van der Waals surface area contributed by atoms with Gasteiger partial charge in [0, 0.05) is 23.4 Å². The van der Waals surface area contributed by atoms with Gasteiger partial charge < -0.3 is 9.88 Å². The van der Waals surface area contributed by atoms with Crippen molar-refractivity contribution in [2.24, 2.45) is 0 Å². The minimum Gasteiger partial charge on any atom is -0.331 e. The normalized spacial score (nSPS) is 11.6. The summed E-state index contributed by atoms with van der Waals surface area (Å²) in [6.07, 6.45) is 1.89. The summed E-state index contributed by atoms with van der Waals surface area (Å²) in [5.41, 5.74) is 1.23. The van der Waals surface area contributed by atoms with Gasteiger partial charge in [-0.2, -0.15) is 0 Å². The lowest BCUT2D eigenvalue weighted by Crippen LogP contribution is -2.32. The molecule has 1 aromatic heterocycles. The smallest absolute Gasteiger partial charge is 0.258 e. The number of carbonyl (C=O) groups is 1. The van der Waals surface area contributed by atoms with Crippen LogP contribution in [0.1, 0.15) is 35.1 Å². The topological polar surface area (TPSA) is 100 Å². The van der Waals surface area contributed by atoms with Gasteiger partial charge in [-0.1, -0.05) is 30.7 Å². The SMILES string of the molecule is CCCN(Cc1nc2cc(Cl)ccc2c(=O)[nH]1)C(=O)c1ccc(CS(C)(=O)=O)cc1. The second kappa shape index (κ2) is 8.97. The Bertz CT molecular complexity index is 1240. The number of nitrogens with zero attached hydrogens (tertiary/aromatic N) is 2. The second-order valence-electron chi connectivity index (χ2n) is 7.17. The van der Waals surface area contributed by atoms with Crippen LogP contribution in [0.5, 0.6) is 0 Å². The van der Waals surface area contributed by atoms with E-state index in [0.717, 1.165) is 6.42 Å². The zero-order valence-corrected chi connectivity index (χ0v) is 18.3. The zero-order chi connectivity index (χ0) is 21.9. The first-order valence-electron chi connectivity index (χ1n) is 9.40. The molecule has 0 unspecified atom stereocenters. The van der Waals surface area contributed by atoms with Crippen molar-refractivity contribution in [2.75, 3.05) is 12.8 Å². The molecule has 1 heterocycles. The number of carbonyl (C=O) groups excluding carboxylic acids is 1.